The Kier molecular flexibility index (Phi) is 9.54. The van der Waals surface area contributed by atoms with Gasteiger partial charge < -0.3 is 9.47 Å². The van der Waals surface area contributed by atoms with Crippen LogP contribution in [0, 0.1) is 0 Å². The molecule has 0 aliphatic carbocycles. The summed E-state index contributed by atoms with van der Waals surface area (Å²) in [7, 11) is 0. The van der Waals surface area contributed by atoms with Crippen LogP contribution in [0.2, 0.25) is 0 Å². The molecule has 68 heavy (non-hydrogen) atoms. The summed E-state index contributed by atoms with van der Waals surface area (Å²) in [6, 6.07) is 97.6. The number of anilines is 3. The van der Waals surface area contributed by atoms with E-state index in [4.69, 9.17) is 0 Å². The van der Waals surface area contributed by atoms with Gasteiger partial charge in [-0.3, -0.25) is 0 Å². The van der Waals surface area contributed by atoms with Gasteiger partial charge in [-0.15, -0.1) is 0 Å². The maximum Gasteiger partial charge on any atom is 0.0619 e. The van der Waals surface area contributed by atoms with E-state index < -0.39 is 0 Å². The second kappa shape index (κ2) is 16.5. The van der Waals surface area contributed by atoms with Gasteiger partial charge in [0.05, 0.1) is 11.0 Å². The Morgan fingerprint density at radius 1 is 0.265 bits per heavy atom. The van der Waals surface area contributed by atoms with Crippen LogP contribution in [0.3, 0.4) is 0 Å². The summed E-state index contributed by atoms with van der Waals surface area (Å²) < 4.78 is 2.42. The van der Waals surface area contributed by atoms with Gasteiger partial charge in [-0.05, 0) is 132 Å². The van der Waals surface area contributed by atoms with E-state index in [9.17, 15) is 0 Å². The SMILES string of the molecule is c1ccc(-c2c(-c3ccccc3)c3cc(N(c4ccc(-c5cccc6c7ccccc7n(-c7ccccc7)c56)cc4)c4cccc(-c5ccc6ccccc6c5)c4)ccc3c3ccccc23)cc1. The molecule has 0 fully saturated rings. The van der Waals surface area contributed by atoms with E-state index in [0.717, 1.165) is 28.3 Å². The molecule has 12 aromatic carbocycles. The maximum absolute atomic E-state index is 2.43. The highest BCUT2D eigenvalue weighted by Gasteiger charge is 2.22. The molecule has 1 aromatic heterocycles. The topological polar surface area (TPSA) is 8.17 Å². The zero-order valence-corrected chi connectivity index (χ0v) is 37.3. The smallest absolute Gasteiger partial charge is 0.0619 e. The molecule has 0 atom stereocenters. The van der Waals surface area contributed by atoms with Crippen molar-refractivity contribution in [3.05, 3.63) is 267 Å². The molecular formula is C66H44N2. The third kappa shape index (κ3) is 6.65. The van der Waals surface area contributed by atoms with E-state index in [1.807, 2.05) is 0 Å². The van der Waals surface area contributed by atoms with Gasteiger partial charge in [-0.25, -0.2) is 0 Å². The molecular weight excluding hydrogens is 821 g/mol. The lowest BCUT2D eigenvalue weighted by molar-refractivity contribution is 1.18. The zero-order valence-electron chi connectivity index (χ0n) is 37.3. The standard InChI is InChI=1S/C66H44N2/c1-4-19-47(20-5-1)64-60-30-13-12-28-57(60)58-41-40-55(44-62(58)65(64)48-21-6-2-7-22-48)67(54-27-16-24-50(43-54)51-35-34-45-18-10-11-23-49(45)42-51)53-38-36-46(37-39-53)56-31-17-32-61-59-29-14-15-33-63(59)68(66(56)61)52-25-8-3-9-26-52/h1-44H. The van der Waals surface area contributed by atoms with Crippen molar-refractivity contribution in [3.8, 4) is 50.2 Å². The monoisotopic (exact) mass is 864 g/mol. The summed E-state index contributed by atoms with van der Waals surface area (Å²) in [5.74, 6) is 0. The zero-order chi connectivity index (χ0) is 45.0. The van der Waals surface area contributed by atoms with E-state index in [1.165, 1.54) is 93.1 Å². The maximum atomic E-state index is 2.43. The van der Waals surface area contributed by atoms with Gasteiger partial charge in [0.15, 0.2) is 0 Å². The lowest BCUT2D eigenvalue weighted by Crippen LogP contribution is -2.10. The molecule has 2 heteroatoms. The third-order valence-corrected chi connectivity index (χ3v) is 13.7. The minimum absolute atomic E-state index is 1.07. The Bertz CT molecular complexity index is 4000. The van der Waals surface area contributed by atoms with Crippen LogP contribution >= 0.6 is 0 Å². The van der Waals surface area contributed by atoms with Gasteiger partial charge in [-0.1, -0.05) is 206 Å². The lowest BCUT2D eigenvalue weighted by atomic mass is 9.85. The molecule has 0 amide bonds. The Morgan fingerprint density at radius 2 is 0.794 bits per heavy atom. The Morgan fingerprint density at radius 3 is 1.56 bits per heavy atom. The Hall–Kier alpha value is -8.98. The van der Waals surface area contributed by atoms with E-state index >= 15 is 0 Å². The van der Waals surface area contributed by atoms with Gasteiger partial charge >= 0.3 is 0 Å². The second-order valence-electron chi connectivity index (χ2n) is 17.6. The first kappa shape index (κ1) is 39.4. The van der Waals surface area contributed by atoms with Crippen molar-refractivity contribution in [3.63, 3.8) is 0 Å². The van der Waals surface area contributed by atoms with E-state index in [2.05, 4.69) is 276 Å². The molecule has 0 saturated heterocycles. The number of nitrogens with zero attached hydrogens (tertiary/aromatic N) is 2. The quantitative estimate of drug-likeness (QED) is 0.138. The fraction of sp³-hybridized carbons (Fsp3) is 0. The van der Waals surface area contributed by atoms with Gasteiger partial charge in [-0.2, -0.15) is 0 Å². The van der Waals surface area contributed by atoms with E-state index in [0.29, 0.717) is 0 Å². The number of benzene rings is 12. The van der Waals surface area contributed by atoms with Crippen LogP contribution in [-0.4, -0.2) is 4.57 Å². The first-order valence-corrected chi connectivity index (χ1v) is 23.4. The van der Waals surface area contributed by atoms with Crippen molar-refractivity contribution < 1.29 is 0 Å². The van der Waals surface area contributed by atoms with Gasteiger partial charge in [0.25, 0.3) is 0 Å². The van der Waals surface area contributed by atoms with Crippen molar-refractivity contribution in [2.24, 2.45) is 0 Å². The highest BCUT2D eigenvalue weighted by Crippen LogP contribution is 2.48. The summed E-state index contributed by atoms with van der Waals surface area (Å²) in [5.41, 5.74) is 16.4. The van der Waals surface area contributed by atoms with Crippen LogP contribution in [-0.2, 0) is 0 Å². The molecule has 0 unspecified atom stereocenters. The van der Waals surface area contributed by atoms with E-state index in [1.54, 1.807) is 0 Å². The van der Waals surface area contributed by atoms with Crippen LogP contribution in [0.1, 0.15) is 0 Å². The minimum Gasteiger partial charge on any atom is -0.310 e. The fourth-order valence-electron chi connectivity index (χ4n) is 10.7. The van der Waals surface area contributed by atoms with Crippen molar-refractivity contribution >= 4 is 71.2 Å². The largest absolute Gasteiger partial charge is 0.310 e. The fourth-order valence-corrected chi connectivity index (χ4v) is 10.7. The summed E-state index contributed by atoms with van der Waals surface area (Å²) in [4.78, 5) is 2.43. The Labute approximate surface area is 395 Å². The van der Waals surface area contributed by atoms with Crippen molar-refractivity contribution in [2.45, 2.75) is 0 Å². The first-order chi connectivity index (χ1) is 33.7. The van der Waals surface area contributed by atoms with Crippen molar-refractivity contribution in [1.82, 2.24) is 4.57 Å². The molecule has 0 radical (unpaired) electrons. The molecule has 0 saturated carbocycles. The third-order valence-electron chi connectivity index (χ3n) is 13.7. The molecule has 2 nitrogen and oxygen atoms in total. The first-order valence-electron chi connectivity index (χ1n) is 23.4. The average molecular weight is 865 g/mol. The predicted molar refractivity (Wildman–Crippen MR) is 290 cm³/mol. The summed E-state index contributed by atoms with van der Waals surface area (Å²) >= 11 is 0. The van der Waals surface area contributed by atoms with Crippen molar-refractivity contribution in [1.29, 1.82) is 0 Å². The van der Waals surface area contributed by atoms with E-state index in [-0.39, 0.29) is 0 Å². The van der Waals surface area contributed by atoms with Gasteiger partial charge in [0.2, 0.25) is 0 Å². The van der Waals surface area contributed by atoms with Gasteiger partial charge in [0, 0.05) is 39.1 Å². The molecule has 13 aromatic rings. The number of hydrogen-bond acceptors (Lipinski definition) is 1. The number of hydrogen-bond donors (Lipinski definition) is 0. The van der Waals surface area contributed by atoms with Crippen LogP contribution in [0.25, 0.3) is 104 Å². The molecule has 13 rings (SSSR count). The summed E-state index contributed by atoms with van der Waals surface area (Å²) in [6.45, 7) is 0. The number of rotatable bonds is 8. The molecule has 318 valence electrons. The number of fused-ring (bicyclic) bond motifs is 7. The molecule has 1 heterocycles. The number of aromatic nitrogens is 1. The van der Waals surface area contributed by atoms with Crippen molar-refractivity contribution in [2.75, 3.05) is 4.90 Å². The normalized spacial score (nSPS) is 11.5. The summed E-state index contributed by atoms with van der Waals surface area (Å²) in [5, 5.41) is 9.88. The highest BCUT2D eigenvalue weighted by molar-refractivity contribution is 6.22. The summed E-state index contributed by atoms with van der Waals surface area (Å²) in [6.07, 6.45) is 0. The lowest BCUT2D eigenvalue weighted by Gasteiger charge is -2.27. The van der Waals surface area contributed by atoms with Crippen LogP contribution in [0.4, 0.5) is 17.1 Å². The van der Waals surface area contributed by atoms with Gasteiger partial charge in [0.1, 0.15) is 0 Å². The molecule has 0 aliphatic rings. The van der Waals surface area contributed by atoms with Crippen LogP contribution in [0.5, 0.6) is 0 Å². The molecule has 0 N–H and O–H groups in total. The minimum atomic E-state index is 1.07. The molecule has 0 aliphatic heterocycles. The Balaban J connectivity index is 1.03. The molecule has 0 bridgehead atoms. The second-order valence-corrected chi connectivity index (χ2v) is 17.6. The highest BCUT2D eigenvalue weighted by atomic mass is 15.1. The number of para-hydroxylation sites is 3. The predicted octanol–water partition coefficient (Wildman–Crippen LogP) is 18.4. The molecule has 0 spiro atoms. The van der Waals surface area contributed by atoms with Crippen LogP contribution in [0.15, 0.2) is 267 Å². The van der Waals surface area contributed by atoms with Crippen LogP contribution < -0.4 is 4.90 Å². The average Bonchev–Trinajstić information content (AvgIpc) is 3.76.